The predicted molar refractivity (Wildman–Crippen MR) is 76.0 cm³/mol. The quantitative estimate of drug-likeness (QED) is 0.889. The fraction of sp³-hybridized carbons (Fsp3) is 0.533. The molecule has 3 rings (SSSR count). The number of fused-ring (bicyclic) bond motifs is 1. The molecule has 5 nitrogen and oxygen atoms in total. The summed E-state index contributed by atoms with van der Waals surface area (Å²) in [5.41, 5.74) is 7.51. The lowest BCUT2D eigenvalue weighted by Gasteiger charge is -2.29. The Bertz CT molecular complexity index is 496. The molecule has 1 amide bonds. The van der Waals surface area contributed by atoms with E-state index in [4.69, 9.17) is 15.2 Å². The van der Waals surface area contributed by atoms with Crippen molar-refractivity contribution in [1.29, 1.82) is 0 Å². The fourth-order valence-corrected chi connectivity index (χ4v) is 3.07. The van der Waals surface area contributed by atoms with Crippen molar-refractivity contribution in [2.45, 2.75) is 44.2 Å². The summed E-state index contributed by atoms with van der Waals surface area (Å²) >= 11 is 0. The Balaban J connectivity index is 1.58. The minimum atomic E-state index is -0.667. The van der Waals surface area contributed by atoms with Crippen LogP contribution in [0.3, 0.4) is 0 Å². The molecule has 108 valence electrons. The average Bonchev–Trinajstić information content (AvgIpc) is 2.90. The SMILES string of the molecule is NC(=O)OC1CCC(Nc2cccc3c2CCO3)CC1. The van der Waals surface area contributed by atoms with Crippen molar-refractivity contribution in [3.63, 3.8) is 0 Å². The third-order valence-electron chi connectivity index (χ3n) is 4.06. The standard InChI is InChI=1S/C15H20N2O3/c16-15(18)20-11-6-4-10(5-7-11)17-13-2-1-3-14-12(13)8-9-19-14/h1-3,10-11,17H,4-9H2,(H2,16,18). The minimum absolute atomic E-state index is 0.0182. The highest BCUT2D eigenvalue weighted by Crippen LogP contribution is 2.33. The molecule has 1 aromatic rings. The first kappa shape index (κ1) is 13.1. The fourth-order valence-electron chi connectivity index (χ4n) is 3.07. The lowest BCUT2D eigenvalue weighted by molar-refractivity contribution is 0.0806. The zero-order valence-electron chi connectivity index (χ0n) is 11.4. The van der Waals surface area contributed by atoms with E-state index in [0.717, 1.165) is 44.5 Å². The first-order chi connectivity index (χ1) is 9.72. The van der Waals surface area contributed by atoms with Crippen molar-refractivity contribution in [2.75, 3.05) is 11.9 Å². The molecule has 1 aliphatic heterocycles. The number of benzene rings is 1. The summed E-state index contributed by atoms with van der Waals surface area (Å²) < 4.78 is 10.6. The molecule has 0 unspecified atom stereocenters. The summed E-state index contributed by atoms with van der Waals surface area (Å²) in [6.45, 7) is 0.771. The Morgan fingerprint density at radius 1 is 1.30 bits per heavy atom. The number of primary amides is 1. The van der Waals surface area contributed by atoms with Gasteiger partial charge in [0.25, 0.3) is 0 Å². The van der Waals surface area contributed by atoms with Gasteiger partial charge in [0.2, 0.25) is 0 Å². The van der Waals surface area contributed by atoms with Crippen LogP contribution in [0.15, 0.2) is 18.2 Å². The Morgan fingerprint density at radius 2 is 2.10 bits per heavy atom. The van der Waals surface area contributed by atoms with Crippen LogP contribution in [-0.2, 0) is 11.2 Å². The molecule has 5 heteroatoms. The van der Waals surface area contributed by atoms with Gasteiger partial charge in [-0.1, -0.05) is 6.07 Å². The molecule has 1 aromatic carbocycles. The second-order valence-corrected chi connectivity index (χ2v) is 5.44. The van der Waals surface area contributed by atoms with E-state index in [-0.39, 0.29) is 6.10 Å². The van der Waals surface area contributed by atoms with Crippen LogP contribution in [0.25, 0.3) is 0 Å². The maximum absolute atomic E-state index is 10.7. The van der Waals surface area contributed by atoms with Crippen LogP contribution in [-0.4, -0.2) is 24.8 Å². The first-order valence-corrected chi connectivity index (χ1v) is 7.19. The number of carbonyl (C=O) groups excluding carboxylic acids is 1. The van der Waals surface area contributed by atoms with Crippen LogP contribution < -0.4 is 15.8 Å². The van der Waals surface area contributed by atoms with Gasteiger partial charge in [0.05, 0.1) is 6.61 Å². The Hall–Kier alpha value is -1.91. The number of ether oxygens (including phenoxy) is 2. The zero-order valence-corrected chi connectivity index (χ0v) is 11.4. The van der Waals surface area contributed by atoms with E-state index in [2.05, 4.69) is 11.4 Å². The van der Waals surface area contributed by atoms with Crippen molar-refractivity contribution in [1.82, 2.24) is 0 Å². The highest BCUT2D eigenvalue weighted by Gasteiger charge is 2.24. The van der Waals surface area contributed by atoms with Gasteiger partial charge in [0.1, 0.15) is 11.9 Å². The molecule has 1 fully saturated rings. The van der Waals surface area contributed by atoms with Gasteiger partial charge < -0.3 is 20.5 Å². The predicted octanol–water partition coefficient (Wildman–Crippen LogP) is 2.44. The van der Waals surface area contributed by atoms with E-state index in [1.807, 2.05) is 12.1 Å². The van der Waals surface area contributed by atoms with Gasteiger partial charge in [-0.3, -0.25) is 0 Å². The van der Waals surface area contributed by atoms with Gasteiger partial charge in [0.15, 0.2) is 0 Å². The molecular formula is C15H20N2O3. The molecule has 0 bridgehead atoms. The van der Waals surface area contributed by atoms with Crippen molar-refractivity contribution in [3.8, 4) is 5.75 Å². The van der Waals surface area contributed by atoms with Crippen molar-refractivity contribution in [2.24, 2.45) is 5.73 Å². The summed E-state index contributed by atoms with van der Waals surface area (Å²) in [5, 5.41) is 3.60. The van der Waals surface area contributed by atoms with Gasteiger partial charge in [-0.05, 0) is 37.8 Å². The maximum atomic E-state index is 10.7. The molecule has 0 aromatic heterocycles. The number of rotatable bonds is 3. The maximum Gasteiger partial charge on any atom is 0.404 e. The number of amides is 1. The largest absolute Gasteiger partial charge is 0.493 e. The zero-order chi connectivity index (χ0) is 13.9. The highest BCUT2D eigenvalue weighted by atomic mass is 16.6. The second-order valence-electron chi connectivity index (χ2n) is 5.44. The van der Waals surface area contributed by atoms with E-state index < -0.39 is 6.09 Å². The van der Waals surface area contributed by atoms with Crippen LogP contribution in [0.1, 0.15) is 31.2 Å². The highest BCUT2D eigenvalue weighted by molar-refractivity contribution is 5.64. The van der Waals surface area contributed by atoms with E-state index in [0.29, 0.717) is 6.04 Å². The van der Waals surface area contributed by atoms with Gasteiger partial charge in [0, 0.05) is 23.7 Å². The molecule has 3 N–H and O–H groups in total. The van der Waals surface area contributed by atoms with E-state index in [1.54, 1.807) is 0 Å². The third kappa shape index (κ3) is 2.81. The monoisotopic (exact) mass is 276 g/mol. The number of nitrogens with two attached hydrogens (primary N) is 1. The molecule has 20 heavy (non-hydrogen) atoms. The smallest absolute Gasteiger partial charge is 0.404 e. The van der Waals surface area contributed by atoms with Gasteiger partial charge >= 0.3 is 6.09 Å². The molecule has 1 heterocycles. The van der Waals surface area contributed by atoms with Crippen LogP contribution in [0.5, 0.6) is 5.75 Å². The van der Waals surface area contributed by atoms with Crippen LogP contribution in [0, 0.1) is 0 Å². The Morgan fingerprint density at radius 3 is 2.85 bits per heavy atom. The molecule has 2 aliphatic rings. The average molecular weight is 276 g/mol. The normalized spacial score (nSPS) is 24.6. The number of anilines is 1. The molecule has 1 aliphatic carbocycles. The van der Waals surface area contributed by atoms with Crippen molar-refractivity contribution >= 4 is 11.8 Å². The molecule has 0 radical (unpaired) electrons. The number of nitrogens with one attached hydrogen (secondary N) is 1. The molecular weight excluding hydrogens is 256 g/mol. The first-order valence-electron chi connectivity index (χ1n) is 7.19. The van der Waals surface area contributed by atoms with Gasteiger partial charge in [-0.15, -0.1) is 0 Å². The summed E-state index contributed by atoms with van der Waals surface area (Å²) in [7, 11) is 0. The van der Waals surface area contributed by atoms with E-state index in [1.165, 1.54) is 11.3 Å². The lowest BCUT2D eigenvalue weighted by atomic mass is 9.92. The summed E-state index contributed by atoms with van der Waals surface area (Å²) in [4.78, 5) is 10.7. The lowest BCUT2D eigenvalue weighted by Crippen LogP contribution is -2.32. The third-order valence-corrected chi connectivity index (χ3v) is 4.06. The summed E-state index contributed by atoms with van der Waals surface area (Å²) in [6, 6.07) is 6.58. The minimum Gasteiger partial charge on any atom is -0.493 e. The van der Waals surface area contributed by atoms with Crippen molar-refractivity contribution in [3.05, 3.63) is 23.8 Å². The summed E-state index contributed by atoms with van der Waals surface area (Å²) in [5.74, 6) is 1.00. The molecule has 1 saturated carbocycles. The van der Waals surface area contributed by atoms with Crippen LogP contribution in [0.4, 0.5) is 10.5 Å². The number of hydrogen-bond acceptors (Lipinski definition) is 4. The molecule has 0 spiro atoms. The van der Waals surface area contributed by atoms with Gasteiger partial charge in [-0.2, -0.15) is 0 Å². The Labute approximate surface area is 118 Å². The number of hydrogen-bond donors (Lipinski definition) is 2. The van der Waals surface area contributed by atoms with Crippen molar-refractivity contribution < 1.29 is 14.3 Å². The van der Waals surface area contributed by atoms with Gasteiger partial charge in [-0.25, -0.2) is 4.79 Å². The second kappa shape index (κ2) is 5.61. The van der Waals surface area contributed by atoms with E-state index in [9.17, 15) is 4.79 Å². The molecule has 0 saturated heterocycles. The van der Waals surface area contributed by atoms with E-state index >= 15 is 0 Å². The van der Waals surface area contributed by atoms with Crippen LogP contribution >= 0.6 is 0 Å². The topological polar surface area (TPSA) is 73.6 Å². The number of carbonyl (C=O) groups is 1. The molecule has 0 atom stereocenters. The van der Waals surface area contributed by atoms with Crippen LogP contribution in [0.2, 0.25) is 0 Å². The summed E-state index contributed by atoms with van der Waals surface area (Å²) in [6.07, 6.45) is 4.00. The Kier molecular flexibility index (Phi) is 3.67.